The molecule has 0 amide bonds. The number of nitrogens with one attached hydrogen (secondary N) is 1. The fourth-order valence-electron chi connectivity index (χ4n) is 1.55. The van der Waals surface area contributed by atoms with E-state index in [-0.39, 0.29) is 6.42 Å². The summed E-state index contributed by atoms with van der Waals surface area (Å²) in [5.41, 5.74) is 2.14. The van der Waals surface area contributed by atoms with E-state index in [4.69, 9.17) is 5.11 Å². The van der Waals surface area contributed by atoms with Gasteiger partial charge < -0.3 is 10.1 Å². The monoisotopic (exact) mass is 227 g/mol. The highest BCUT2D eigenvalue weighted by Gasteiger charge is 2.02. The molecule has 0 aliphatic rings. The van der Waals surface area contributed by atoms with Gasteiger partial charge in [0.05, 0.1) is 0 Å². The number of aromatic amines is 1. The first kappa shape index (κ1) is 11.0. The Hall–Kier alpha value is -2.54. The quantitative estimate of drug-likeness (QED) is 0.607. The maximum atomic E-state index is 10.7. The van der Waals surface area contributed by atoms with Crippen LogP contribution in [0, 0.1) is 11.8 Å². The fraction of sp³-hybridized carbons (Fsp3) is 0.0769. The number of fused-ring (bicyclic) bond motifs is 1. The normalized spacial score (nSPS) is 9.65. The lowest BCUT2D eigenvalue weighted by molar-refractivity contribution is -0.135. The first-order chi connectivity index (χ1) is 8.20. The third-order valence-electron chi connectivity index (χ3n) is 2.31. The first-order valence-electron chi connectivity index (χ1n) is 4.97. The maximum absolute atomic E-state index is 10.7. The maximum Gasteiger partial charge on any atom is 0.315 e. The van der Waals surface area contributed by atoms with Gasteiger partial charge >= 0.3 is 5.97 Å². The van der Waals surface area contributed by atoms with E-state index in [0.29, 0.717) is 5.56 Å². The third-order valence-corrected chi connectivity index (χ3v) is 2.31. The second kappa shape index (κ2) is 4.54. The Morgan fingerprint density at radius 1 is 1.47 bits per heavy atom. The molecule has 1 heterocycles. The number of rotatable bonds is 2. The van der Waals surface area contributed by atoms with Crippen molar-refractivity contribution in [3.8, 4) is 11.8 Å². The largest absolute Gasteiger partial charge is 0.481 e. The van der Waals surface area contributed by atoms with Crippen LogP contribution < -0.4 is 0 Å². The minimum Gasteiger partial charge on any atom is -0.481 e. The van der Waals surface area contributed by atoms with Gasteiger partial charge in [0.15, 0.2) is 6.29 Å². The number of aliphatic carboxylic acids is 1. The lowest BCUT2D eigenvalue weighted by atomic mass is 10.1. The van der Waals surface area contributed by atoms with Gasteiger partial charge in [-0.15, -0.1) is 0 Å². The SMILES string of the molecule is O=Cc1c[nH]c2cc(C#CCC(=O)O)ccc12. The number of carboxylic acid groups (broad SMARTS) is 1. The van der Waals surface area contributed by atoms with Crippen molar-refractivity contribution in [2.45, 2.75) is 6.42 Å². The predicted octanol–water partition coefficient (Wildman–Crippen LogP) is 1.81. The number of H-pyrrole nitrogens is 1. The van der Waals surface area contributed by atoms with Crippen LogP contribution in [0.4, 0.5) is 0 Å². The summed E-state index contributed by atoms with van der Waals surface area (Å²) >= 11 is 0. The molecule has 0 saturated carbocycles. The fourth-order valence-corrected chi connectivity index (χ4v) is 1.55. The molecule has 0 fully saturated rings. The molecule has 84 valence electrons. The van der Waals surface area contributed by atoms with Gasteiger partial charge in [0.1, 0.15) is 6.42 Å². The summed E-state index contributed by atoms with van der Waals surface area (Å²) in [5, 5.41) is 9.29. The summed E-state index contributed by atoms with van der Waals surface area (Å²) in [7, 11) is 0. The van der Waals surface area contributed by atoms with Crippen LogP contribution in [0.5, 0.6) is 0 Å². The lowest BCUT2D eigenvalue weighted by Gasteiger charge is -1.92. The van der Waals surface area contributed by atoms with Gasteiger partial charge in [-0.05, 0) is 12.1 Å². The van der Waals surface area contributed by atoms with Gasteiger partial charge in [-0.2, -0.15) is 0 Å². The van der Waals surface area contributed by atoms with Crippen molar-refractivity contribution in [3.63, 3.8) is 0 Å². The van der Waals surface area contributed by atoms with Crippen molar-refractivity contribution < 1.29 is 14.7 Å². The molecule has 4 nitrogen and oxygen atoms in total. The molecule has 0 radical (unpaired) electrons. The molecule has 1 aromatic heterocycles. The molecule has 0 aliphatic heterocycles. The van der Waals surface area contributed by atoms with Crippen LogP contribution in [0.25, 0.3) is 10.9 Å². The van der Waals surface area contributed by atoms with Crippen LogP contribution in [0.15, 0.2) is 24.4 Å². The molecule has 17 heavy (non-hydrogen) atoms. The molecule has 1 aromatic carbocycles. The number of carbonyl (C=O) groups is 2. The first-order valence-corrected chi connectivity index (χ1v) is 4.97. The Morgan fingerprint density at radius 3 is 3.00 bits per heavy atom. The number of aldehydes is 1. The van der Waals surface area contributed by atoms with Gasteiger partial charge in [-0.25, -0.2) is 0 Å². The number of carbonyl (C=O) groups excluding carboxylic acids is 1. The molecule has 0 saturated heterocycles. The van der Waals surface area contributed by atoms with Crippen LogP contribution in [0.3, 0.4) is 0 Å². The molecular weight excluding hydrogens is 218 g/mol. The van der Waals surface area contributed by atoms with Gasteiger partial charge in [0.25, 0.3) is 0 Å². The van der Waals surface area contributed by atoms with Crippen LogP contribution in [0.2, 0.25) is 0 Å². The second-order valence-corrected chi connectivity index (χ2v) is 3.49. The summed E-state index contributed by atoms with van der Waals surface area (Å²) < 4.78 is 0. The predicted molar refractivity (Wildman–Crippen MR) is 62.8 cm³/mol. The number of benzene rings is 1. The highest BCUT2D eigenvalue weighted by molar-refractivity contribution is 5.97. The Kier molecular flexibility index (Phi) is 2.93. The van der Waals surface area contributed by atoms with E-state index in [1.807, 2.05) is 0 Å². The molecule has 2 N–H and O–H groups in total. The summed E-state index contributed by atoms with van der Waals surface area (Å²) in [6.07, 6.45) is 2.24. The average Bonchev–Trinajstić information content (AvgIpc) is 2.70. The van der Waals surface area contributed by atoms with Crippen LogP contribution >= 0.6 is 0 Å². The van der Waals surface area contributed by atoms with Crippen LogP contribution in [-0.2, 0) is 4.79 Å². The standard InChI is InChI=1S/C13H9NO3/c15-8-10-7-14-12-6-9(4-5-11(10)12)2-1-3-13(16)17/h4-8,14H,3H2,(H,16,17). The Labute approximate surface area is 97.3 Å². The van der Waals surface area contributed by atoms with Crippen molar-refractivity contribution in [2.75, 3.05) is 0 Å². The Bertz CT molecular complexity index is 643. The molecule has 0 unspecified atom stereocenters. The minimum absolute atomic E-state index is 0.178. The van der Waals surface area contributed by atoms with Crippen molar-refractivity contribution in [1.82, 2.24) is 4.98 Å². The average molecular weight is 227 g/mol. The van der Waals surface area contributed by atoms with Crippen molar-refractivity contribution in [1.29, 1.82) is 0 Å². The summed E-state index contributed by atoms with van der Waals surface area (Å²) in [6.45, 7) is 0. The highest BCUT2D eigenvalue weighted by atomic mass is 16.4. The molecule has 0 bridgehead atoms. The van der Waals surface area contributed by atoms with E-state index in [1.54, 1.807) is 24.4 Å². The van der Waals surface area contributed by atoms with E-state index in [0.717, 1.165) is 22.8 Å². The minimum atomic E-state index is -0.943. The number of aromatic nitrogens is 1. The van der Waals surface area contributed by atoms with Gasteiger partial charge in [-0.1, -0.05) is 17.9 Å². The van der Waals surface area contributed by atoms with Crippen molar-refractivity contribution in [3.05, 3.63) is 35.5 Å². The number of carboxylic acids is 1. The molecular formula is C13H9NO3. The smallest absolute Gasteiger partial charge is 0.315 e. The molecule has 4 heteroatoms. The van der Waals surface area contributed by atoms with Crippen LogP contribution in [0.1, 0.15) is 22.3 Å². The van der Waals surface area contributed by atoms with Gasteiger partial charge in [-0.3, -0.25) is 9.59 Å². The molecule has 0 atom stereocenters. The van der Waals surface area contributed by atoms with E-state index < -0.39 is 5.97 Å². The van der Waals surface area contributed by atoms with Crippen molar-refractivity contribution >= 4 is 23.2 Å². The zero-order valence-corrected chi connectivity index (χ0v) is 8.86. The lowest BCUT2D eigenvalue weighted by Crippen LogP contribution is -1.90. The second-order valence-electron chi connectivity index (χ2n) is 3.49. The Morgan fingerprint density at radius 2 is 2.29 bits per heavy atom. The Balaban J connectivity index is 2.34. The topological polar surface area (TPSA) is 70.2 Å². The van der Waals surface area contributed by atoms with E-state index >= 15 is 0 Å². The highest BCUT2D eigenvalue weighted by Crippen LogP contribution is 2.17. The van der Waals surface area contributed by atoms with Gasteiger partial charge in [0.2, 0.25) is 0 Å². The number of hydrogen-bond donors (Lipinski definition) is 2. The zero-order valence-electron chi connectivity index (χ0n) is 8.86. The number of hydrogen-bond acceptors (Lipinski definition) is 2. The van der Waals surface area contributed by atoms with Crippen LogP contribution in [-0.4, -0.2) is 22.3 Å². The summed E-state index contributed by atoms with van der Waals surface area (Å²) in [4.78, 5) is 24.0. The molecule has 2 rings (SSSR count). The molecule has 0 spiro atoms. The van der Waals surface area contributed by atoms with Gasteiger partial charge in [0, 0.05) is 28.2 Å². The van der Waals surface area contributed by atoms with E-state index in [9.17, 15) is 9.59 Å². The summed E-state index contributed by atoms with van der Waals surface area (Å²) in [6, 6.07) is 5.34. The molecule has 2 aromatic rings. The van der Waals surface area contributed by atoms with E-state index in [1.165, 1.54) is 0 Å². The zero-order chi connectivity index (χ0) is 12.3. The molecule has 0 aliphatic carbocycles. The summed E-state index contributed by atoms with van der Waals surface area (Å²) in [5.74, 6) is 4.37. The third kappa shape index (κ3) is 2.34. The van der Waals surface area contributed by atoms with E-state index in [2.05, 4.69) is 16.8 Å². The van der Waals surface area contributed by atoms with Crippen molar-refractivity contribution in [2.24, 2.45) is 0 Å².